The maximum atomic E-state index is 12.3. The van der Waals surface area contributed by atoms with Crippen LogP contribution in [0.2, 0.25) is 0 Å². The van der Waals surface area contributed by atoms with Crippen LogP contribution in [0.15, 0.2) is 60.9 Å². The number of para-hydroxylation sites is 2. The highest BCUT2D eigenvalue weighted by Gasteiger charge is 2.12. The second kappa shape index (κ2) is 9.87. The number of rotatable bonds is 8. The molecule has 9 heteroatoms. The predicted octanol–water partition coefficient (Wildman–Crippen LogP) is 2.16. The van der Waals surface area contributed by atoms with Crippen molar-refractivity contribution in [1.29, 1.82) is 0 Å². The van der Waals surface area contributed by atoms with Crippen molar-refractivity contribution in [3.63, 3.8) is 0 Å². The third-order valence-electron chi connectivity index (χ3n) is 4.16. The molecule has 30 heavy (non-hydrogen) atoms. The molecule has 2 amide bonds. The first-order valence-corrected chi connectivity index (χ1v) is 9.21. The normalized spacial score (nSPS) is 10.2. The fourth-order valence-electron chi connectivity index (χ4n) is 2.63. The Balaban J connectivity index is 1.47. The molecule has 3 aromatic rings. The van der Waals surface area contributed by atoms with Crippen LogP contribution < -0.4 is 26.4 Å². The number of pyridine rings is 2. The number of amides is 2. The number of anilines is 3. The summed E-state index contributed by atoms with van der Waals surface area (Å²) in [5.74, 6) is 0.279. The van der Waals surface area contributed by atoms with E-state index in [1.54, 1.807) is 54.7 Å². The van der Waals surface area contributed by atoms with Gasteiger partial charge in [-0.25, -0.2) is 9.97 Å². The van der Waals surface area contributed by atoms with Crippen molar-refractivity contribution in [3.05, 3.63) is 72.1 Å². The number of ether oxygens (including phenoxy) is 1. The first kappa shape index (κ1) is 20.6. The van der Waals surface area contributed by atoms with Crippen molar-refractivity contribution >= 4 is 29.0 Å². The smallest absolute Gasteiger partial charge is 0.257 e. The Morgan fingerprint density at radius 3 is 2.57 bits per heavy atom. The van der Waals surface area contributed by atoms with Crippen LogP contribution in [0.1, 0.15) is 20.7 Å². The average Bonchev–Trinajstić information content (AvgIpc) is 2.78. The lowest BCUT2D eigenvalue weighted by molar-refractivity contribution is 0.0950. The average molecular weight is 406 g/mol. The molecule has 2 heterocycles. The topological polar surface area (TPSA) is 131 Å². The zero-order valence-corrected chi connectivity index (χ0v) is 16.4. The molecule has 9 nitrogen and oxygen atoms in total. The lowest BCUT2D eigenvalue weighted by Gasteiger charge is -2.10. The second-order valence-corrected chi connectivity index (χ2v) is 6.22. The molecule has 0 aliphatic heterocycles. The van der Waals surface area contributed by atoms with Gasteiger partial charge in [0.1, 0.15) is 11.4 Å². The van der Waals surface area contributed by atoms with Crippen molar-refractivity contribution in [2.24, 2.45) is 0 Å². The van der Waals surface area contributed by atoms with Crippen molar-refractivity contribution in [1.82, 2.24) is 15.3 Å². The minimum absolute atomic E-state index is 0.274. The molecular formula is C21H22N6O3. The summed E-state index contributed by atoms with van der Waals surface area (Å²) in [6, 6.07) is 13.7. The Labute approximate surface area is 173 Å². The molecule has 0 saturated heterocycles. The van der Waals surface area contributed by atoms with Gasteiger partial charge in [-0.2, -0.15) is 0 Å². The van der Waals surface area contributed by atoms with E-state index in [9.17, 15) is 9.59 Å². The number of carbonyl (C=O) groups excluding carboxylic acids is 2. The van der Waals surface area contributed by atoms with Gasteiger partial charge in [0.05, 0.1) is 24.0 Å². The SMILES string of the molecule is COc1ncccc1C(=O)NCCNc1ccc(C(=O)Nc2ccccc2N)cn1. The third kappa shape index (κ3) is 5.22. The first-order chi connectivity index (χ1) is 14.6. The Morgan fingerprint density at radius 1 is 1.00 bits per heavy atom. The lowest BCUT2D eigenvalue weighted by Crippen LogP contribution is -2.29. The van der Waals surface area contributed by atoms with Gasteiger partial charge in [0, 0.05) is 25.5 Å². The number of hydrogen-bond donors (Lipinski definition) is 4. The van der Waals surface area contributed by atoms with Gasteiger partial charge in [0.15, 0.2) is 0 Å². The predicted molar refractivity (Wildman–Crippen MR) is 115 cm³/mol. The van der Waals surface area contributed by atoms with Gasteiger partial charge >= 0.3 is 0 Å². The number of nitrogens with zero attached hydrogens (tertiary/aromatic N) is 2. The van der Waals surface area contributed by atoms with Crippen LogP contribution >= 0.6 is 0 Å². The summed E-state index contributed by atoms with van der Waals surface area (Å²) in [4.78, 5) is 32.7. The Hall–Kier alpha value is -4.14. The summed E-state index contributed by atoms with van der Waals surface area (Å²) in [6.45, 7) is 0.821. The van der Waals surface area contributed by atoms with Crippen LogP contribution in [0, 0.1) is 0 Å². The van der Waals surface area contributed by atoms with E-state index in [4.69, 9.17) is 10.5 Å². The minimum atomic E-state index is -0.301. The van der Waals surface area contributed by atoms with E-state index in [1.807, 2.05) is 0 Å². The quantitative estimate of drug-likeness (QED) is 0.333. The van der Waals surface area contributed by atoms with E-state index in [2.05, 4.69) is 25.9 Å². The number of hydrogen-bond acceptors (Lipinski definition) is 7. The number of methoxy groups -OCH3 is 1. The number of carbonyl (C=O) groups is 2. The van der Waals surface area contributed by atoms with E-state index in [0.717, 1.165) is 0 Å². The summed E-state index contributed by atoms with van der Waals surface area (Å²) in [5.41, 5.74) is 7.64. The zero-order valence-electron chi connectivity index (χ0n) is 16.4. The van der Waals surface area contributed by atoms with Crippen LogP contribution in [-0.4, -0.2) is 42.0 Å². The summed E-state index contributed by atoms with van der Waals surface area (Å²) in [5, 5.41) is 8.61. The summed E-state index contributed by atoms with van der Waals surface area (Å²) in [6.07, 6.45) is 3.03. The maximum Gasteiger partial charge on any atom is 0.257 e. The van der Waals surface area contributed by atoms with Gasteiger partial charge in [0.25, 0.3) is 11.8 Å². The number of aromatic nitrogens is 2. The maximum absolute atomic E-state index is 12.3. The number of nitrogens with two attached hydrogens (primary N) is 1. The molecule has 0 spiro atoms. The molecule has 0 atom stereocenters. The van der Waals surface area contributed by atoms with Gasteiger partial charge in [-0.05, 0) is 36.4 Å². The van der Waals surface area contributed by atoms with Crippen molar-refractivity contribution in [2.45, 2.75) is 0 Å². The van der Waals surface area contributed by atoms with Gasteiger partial charge in [-0.3, -0.25) is 9.59 Å². The molecule has 2 aromatic heterocycles. The number of benzene rings is 1. The molecule has 154 valence electrons. The van der Waals surface area contributed by atoms with Gasteiger partial charge in [-0.15, -0.1) is 0 Å². The fourth-order valence-corrected chi connectivity index (χ4v) is 2.63. The van der Waals surface area contributed by atoms with Crippen molar-refractivity contribution in [2.75, 3.05) is 36.6 Å². The molecule has 0 saturated carbocycles. The highest BCUT2D eigenvalue weighted by Crippen LogP contribution is 2.18. The Bertz CT molecular complexity index is 1020. The highest BCUT2D eigenvalue weighted by atomic mass is 16.5. The molecule has 3 rings (SSSR count). The minimum Gasteiger partial charge on any atom is -0.480 e. The van der Waals surface area contributed by atoms with Gasteiger partial charge in [-0.1, -0.05) is 12.1 Å². The largest absolute Gasteiger partial charge is 0.480 e. The monoisotopic (exact) mass is 406 g/mol. The van der Waals surface area contributed by atoms with E-state index in [0.29, 0.717) is 41.4 Å². The summed E-state index contributed by atoms with van der Waals surface area (Å²) >= 11 is 0. The molecule has 0 aliphatic rings. The highest BCUT2D eigenvalue weighted by molar-refractivity contribution is 6.05. The van der Waals surface area contributed by atoms with E-state index in [1.165, 1.54) is 13.3 Å². The Morgan fingerprint density at radius 2 is 1.83 bits per heavy atom. The van der Waals surface area contributed by atoms with E-state index >= 15 is 0 Å². The van der Waals surface area contributed by atoms with Gasteiger partial charge in [0.2, 0.25) is 5.88 Å². The summed E-state index contributed by atoms with van der Waals surface area (Å²) in [7, 11) is 1.46. The van der Waals surface area contributed by atoms with Crippen LogP contribution in [0.4, 0.5) is 17.2 Å². The van der Waals surface area contributed by atoms with Crippen LogP contribution in [0.3, 0.4) is 0 Å². The van der Waals surface area contributed by atoms with Crippen molar-refractivity contribution in [3.8, 4) is 5.88 Å². The van der Waals surface area contributed by atoms with E-state index in [-0.39, 0.29) is 17.7 Å². The zero-order chi connectivity index (χ0) is 21.3. The third-order valence-corrected chi connectivity index (χ3v) is 4.16. The molecule has 0 unspecified atom stereocenters. The number of nitrogen functional groups attached to an aromatic ring is 1. The van der Waals surface area contributed by atoms with Crippen LogP contribution in [-0.2, 0) is 0 Å². The van der Waals surface area contributed by atoms with Crippen LogP contribution in [0.25, 0.3) is 0 Å². The summed E-state index contributed by atoms with van der Waals surface area (Å²) < 4.78 is 5.08. The van der Waals surface area contributed by atoms with Crippen LogP contribution in [0.5, 0.6) is 5.88 Å². The first-order valence-electron chi connectivity index (χ1n) is 9.21. The van der Waals surface area contributed by atoms with Crippen molar-refractivity contribution < 1.29 is 14.3 Å². The van der Waals surface area contributed by atoms with E-state index < -0.39 is 0 Å². The Kier molecular flexibility index (Phi) is 6.78. The molecule has 0 aliphatic carbocycles. The second-order valence-electron chi connectivity index (χ2n) is 6.22. The lowest BCUT2D eigenvalue weighted by atomic mass is 10.2. The molecular weight excluding hydrogens is 384 g/mol. The molecule has 0 fully saturated rings. The number of nitrogens with one attached hydrogen (secondary N) is 3. The molecule has 0 radical (unpaired) electrons. The molecule has 5 N–H and O–H groups in total. The fraction of sp³-hybridized carbons (Fsp3) is 0.143. The molecule has 0 bridgehead atoms. The molecule has 1 aromatic carbocycles. The standard InChI is InChI=1S/C21H22N6O3/c1-30-21-15(5-4-10-25-21)20(29)24-12-11-23-18-9-8-14(13-26-18)19(28)27-17-7-3-2-6-16(17)22/h2-10,13H,11-12,22H2,1H3,(H,23,26)(H,24,29)(H,27,28). The van der Waals surface area contributed by atoms with Gasteiger partial charge < -0.3 is 26.4 Å².